The first kappa shape index (κ1) is 12.2. The summed E-state index contributed by atoms with van der Waals surface area (Å²) in [4.78, 5) is 0. The van der Waals surface area contributed by atoms with Crippen molar-refractivity contribution < 1.29 is 5.11 Å². The van der Waals surface area contributed by atoms with Gasteiger partial charge in [-0.2, -0.15) is 0 Å². The topological polar surface area (TPSA) is 20.2 Å². The number of hydrogen-bond donors (Lipinski definition) is 1. The lowest BCUT2D eigenvalue weighted by atomic mass is 9.60. The minimum atomic E-state index is -0.510. The van der Waals surface area contributed by atoms with Gasteiger partial charge in [-0.1, -0.05) is 18.6 Å². The van der Waals surface area contributed by atoms with Gasteiger partial charge in [-0.25, -0.2) is 0 Å². The van der Waals surface area contributed by atoms with E-state index in [1.54, 1.807) is 5.57 Å². The van der Waals surface area contributed by atoms with Gasteiger partial charge < -0.3 is 5.11 Å². The highest BCUT2D eigenvalue weighted by atomic mass is 16.3. The molecular formula is C15H26O. The molecule has 1 fully saturated rings. The molecule has 2 aliphatic carbocycles. The van der Waals surface area contributed by atoms with E-state index in [0.717, 1.165) is 5.92 Å². The van der Waals surface area contributed by atoms with Gasteiger partial charge in [0.15, 0.2) is 0 Å². The SMILES string of the molecule is CC1=CC[C@]2(CC1)[C@@H](C(C)(C)O)CC[C@@H]2C. The molecule has 0 aromatic carbocycles. The van der Waals surface area contributed by atoms with Crippen molar-refractivity contribution in [3.05, 3.63) is 11.6 Å². The molecule has 0 unspecified atom stereocenters. The van der Waals surface area contributed by atoms with Gasteiger partial charge in [-0.05, 0) is 70.1 Å². The Labute approximate surface area is 99.9 Å². The molecule has 0 aromatic heterocycles. The molecule has 2 aliphatic rings. The number of aliphatic hydroxyl groups is 1. The smallest absolute Gasteiger partial charge is 0.0625 e. The van der Waals surface area contributed by atoms with Crippen molar-refractivity contribution in [1.82, 2.24) is 0 Å². The van der Waals surface area contributed by atoms with Crippen molar-refractivity contribution in [2.24, 2.45) is 17.3 Å². The molecule has 92 valence electrons. The molecule has 1 heteroatoms. The van der Waals surface area contributed by atoms with Crippen molar-refractivity contribution in [2.75, 3.05) is 0 Å². The van der Waals surface area contributed by atoms with Gasteiger partial charge in [0, 0.05) is 0 Å². The summed E-state index contributed by atoms with van der Waals surface area (Å²) >= 11 is 0. The second-order valence-electron chi connectivity index (χ2n) is 6.67. The zero-order valence-electron chi connectivity index (χ0n) is 11.2. The summed E-state index contributed by atoms with van der Waals surface area (Å²) in [6.07, 6.45) is 8.62. The Hall–Kier alpha value is -0.300. The van der Waals surface area contributed by atoms with Gasteiger partial charge in [0.2, 0.25) is 0 Å². The highest BCUT2D eigenvalue weighted by molar-refractivity contribution is 5.13. The maximum Gasteiger partial charge on any atom is 0.0625 e. The first-order valence-corrected chi connectivity index (χ1v) is 6.74. The number of allylic oxidation sites excluding steroid dienone is 2. The summed E-state index contributed by atoms with van der Waals surface area (Å²) in [5.41, 5.74) is 1.42. The molecule has 0 bridgehead atoms. The molecule has 2 rings (SSSR count). The van der Waals surface area contributed by atoms with Crippen LogP contribution in [0.2, 0.25) is 0 Å². The molecule has 16 heavy (non-hydrogen) atoms. The fourth-order valence-corrected chi connectivity index (χ4v) is 4.15. The summed E-state index contributed by atoms with van der Waals surface area (Å²) in [7, 11) is 0. The summed E-state index contributed by atoms with van der Waals surface area (Å²) in [5.74, 6) is 1.26. The van der Waals surface area contributed by atoms with Crippen molar-refractivity contribution >= 4 is 0 Å². The predicted molar refractivity (Wildman–Crippen MR) is 68.2 cm³/mol. The quantitative estimate of drug-likeness (QED) is 0.667. The van der Waals surface area contributed by atoms with Crippen molar-refractivity contribution in [2.45, 2.75) is 65.4 Å². The second kappa shape index (κ2) is 3.87. The summed E-state index contributed by atoms with van der Waals surface area (Å²) < 4.78 is 0. The molecule has 1 nitrogen and oxygen atoms in total. The van der Waals surface area contributed by atoms with Gasteiger partial charge in [0.1, 0.15) is 0 Å². The summed E-state index contributed by atoms with van der Waals surface area (Å²) in [6.45, 7) is 8.64. The highest BCUT2D eigenvalue weighted by Gasteiger charge is 2.52. The van der Waals surface area contributed by atoms with Crippen molar-refractivity contribution in [1.29, 1.82) is 0 Å². The van der Waals surface area contributed by atoms with Crippen LogP contribution in [-0.2, 0) is 0 Å². The van der Waals surface area contributed by atoms with Crippen LogP contribution in [0.25, 0.3) is 0 Å². The van der Waals surface area contributed by atoms with Gasteiger partial charge in [-0.3, -0.25) is 0 Å². The number of rotatable bonds is 1. The third-order valence-corrected chi connectivity index (χ3v) is 5.23. The minimum absolute atomic E-state index is 0.387. The average Bonchev–Trinajstić information content (AvgIpc) is 2.49. The Morgan fingerprint density at radius 2 is 2.06 bits per heavy atom. The van der Waals surface area contributed by atoms with Crippen LogP contribution in [0, 0.1) is 17.3 Å². The van der Waals surface area contributed by atoms with E-state index in [1.165, 1.54) is 32.1 Å². The average molecular weight is 222 g/mol. The lowest BCUT2D eigenvalue weighted by Crippen LogP contribution is -2.43. The van der Waals surface area contributed by atoms with Crippen LogP contribution in [0.5, 0.6) is 0 Å². The molecule has 0 amide bonds. The van der Waals surface area contributed by atoms with E-state index in [-0.39, 0.29) is 0 Å². The first-order valence-electron chi connectivity index (χ1n) is 6.74. The van der Waals surface area contributed by atoms with E-state index >= 15 is 0 Å². The first-order chi connectivity index (χ1) is 7.36. The highest BCUT2D eigenvalue weighted by Crippen LogP contribution is 2.58. The summed E-state index contributed by atoms with van der Waals surface area (Å²) in [5, 5.41) is 10.4. The molecule has 1 N–H and O–H groups in total. The van der Waals surface area contributed by atoms with Crippen LogP contribution < -0.4 is 0 Å². The van der Waals surface area contributed by atoms with E-state index < -0.39 is 5.60 Å². The lowest BCUT2D eigenvalue weighted by molar-refractivity contribution is -0.0507. The Morgan fingerprint density at radius 1 is 1.38 bits per heavy atom. The van der Waals surface area contributed by atoms with Crippen LogP contribution >= 0.6 is 0 Å². The van der Waals surface area contributed by atoms with Crippen LogP contribution in [-0.4, -0.2) is 10.7 Å². The molecular weight excluding hydrogens is 196 g/mol. The summed E-state index contributed by atoms with van der Waals surface area (Å²) in [6, 6.07) is 0. The Morgan fingerprint density at radius 3 is 2.56 bits per heavy atom. The van der Waals surface area contributed by atoms with E-state index in [2.05, 4.69) is 19.9 Å². The third-order valence-electron chi connectivity index (χ3n) is 5.23. The molecule has 3 atom stereocenters. The van der Waals surface area contributed by atoms with Gasteiger partial charge >= 0.3 is 0 Å². The fraction of sp³-hybridized carbons (Fsp3) is 0.867. The van der Waals surface area contributed by atoms with Crippen LogP contribution in [0.3, 0.4) is 0 Å². The molecule has 1 spiro atoms. The lowest BCUT2D eigenvalue weighted by Gasteiger charge is -2.46. The van der Waals surface area contributed by atoms with Crippen LogP contribution in [0.15, 0.2) is 11.6 Å². The van der Waals surface area contributed by atoms with E-state index in [4.69, 9.17) is 0 Å². The van der Waals surface area contributed by atoms with Gasteiger partial charge in [-0.15, -0.1) is 0 Å². The number of hydrogen-bond acceptors (Lipinski definition) is 1. The van der Waals surface area contributed by atoms with E-state index in [1.807, 2.05) is 13.8 Å². The Balaban J connectivity index is 2.29. The molecule has 0 aliphatic heterocycles. The third kappa shape index (κ3) is 1.84. The maximum absolute atomic E-state index is 10.4. The van der Waals surface area contributed by atoms with Crippen LogP contribution in [0.4, 0.5) is 0 Å². The fourth-order valence-electron chi connectivity index (χ4n) is 4.15. The molecule has 0 saturated heterocycles. The monoisotopic (exact) mass is 222 g/mol. The van der Waals surface area contributed by atoms with Crippen LogP contribution in [0.1, 0.15) is 59.8 Å². The standard InChI is InChI=1S/C15H26O/c1-11-7-9-15(10-8-11)12(2)5-6-13(15)14(3,4)16/h7,12-13,16H,5-6,8-10H2,1-4H3/t12-,13+,15+/m0/s1. The van der Waals surface area contributed by atoms with E-state index in [9.17, 15) is 5.11 Å². The molecule has 0 radical (unpaired) electrons. The largest absolute Gasteiger partial charge is 0.390 e. The van der Waals surface area contributed by atoms with Crippen molar-refractivity contribution in [3.8, 4) is 0 Å². The molecule has 0 aromatic rings. The van der Waals surface area contributed by atoms with Crippen molar-refractivity contribution in [3.63, 3.8) is 0 Å². The molecule has 1 saturated carbocycles. The van der Waals surface area contributed by atoms with Gasteiger partial charge in [0.25, 0.3) is 0 Å². The van der Waals surface area contributed by atoms with E-state index in [0.29, 0.717) is 11.3 Å². The maximum atomic E-state index is 10.4. The molecule has 0 heterocycles. The van der Waals surface area contributed by atoms with Gasteiger partial charge in [0.05, 0.1) is 5.60 Å². The zero-order valence-corrected chi connectivity index (χ0v) is 11.2. The second-order valence-corrected chi connectivity index (χ2v) is 6.67. The Kier molecular flexibility index (Phi) is 2.94. The minimum Gasteiger partial charge on any atom is -0.390 e. The zero-order chi connectivity index (χ0) is 12.0. The normalized spacial score (nSPS) is 40.2. The predicted octanol–water partition coefficient (Wildman–Crippen LogP) is 3.92. The Bertz CT molecular complexity index is 297.